The lowest BCUT2D eigenvalue weighted by atomic mass is 10.0. The fourth-order valence-corrected chi connectivity index (χ4v) is 2.06. The molecule has 0 saturated heterocycles. The van der Waals surface area contributed by atoms with Crippen molar-refractivity contribution in [3.05, 3.63) is 22.7 Å². The number of halogens is 1. The van der Waals surface area contributed by atoms with Crippen LogP contribution in [0.2, 0.25) is 0 Å². The van der Waals surface area contributed by atoms with Gasteiger partial charge in [0.15, 0.2) is 0 Å². The van der Waals surface area contributed by atoms with Crippen molar-refractivity contribution in [1.82, 2.24) is 0 Å². The third kappa shape index (κ3) is 3.74. The smallest absolute Gasteiger partial charge is 0.241 e. The molecule has 1 aromatic carbocycles. The van der Waals surface area contributed by atoms with Gasteiger partial charge in [-0.2, -0.15) is 5.26 Å². The van der Waals surface area contributed by atoms with Gasteiger partial charge >= 0.3 is 0 Å². The van der Waals surface area contributed by atoms with Crippen LogP contribution in [0.25, 0.3) is 0 Å². The summed E-state index contributed by atoms with van der Waals surface area (Å²) < 4.78 is 5.86. The summed E-state index contributed by atoms with van der Waals surface area (Å²) in [6, 6.07) is 7.25. The SMILES string of the molecule is CCCC(C#N)C(=O)Nc1ccc(OC)c(Br)c1. The Morgan fingerprint density at radius 1 is 1.61 bits per heavy atom. The third-order valence-electron chi connectivity index (χ3n) is 2.47. The van der Waals surface area contributed by atoms with Crippen molar-refractivity contribution in [2.75, 3.05) is 12.4 Å². The van der Waals surface area contributed by atoms with Gasteiger partial charge in [-0.1, -0.05) is 13.3 Å². The van der Waals surface area contributed by atoms with E-state index >= 15 is 0 Å². The summed E-state index contributed by atoms with van der Waals surface area (Å²) in [6.45, 7) is 1.95. The van der Waals surface area contributed by atoms with Crippen molar-refractivity contribution in [2.45, 2.75) is 19.8 Å². The molecule has 18 heavy (non-hydrogen) atoms. The highest BCUT2D eigenvalue weighted by Gasteiger charge is 2.17. The minimum Gasteiger partial charge on any atom is -0.496 e. The number of rotatable bonds is 5. The van der Waals surface area contributed by atoms with Gasteiger partial charge in [0, 0.05) is 5.69 Å². The number of carbonyl (C=O) groups is 1. The molecule has 0 radical (unpaired) electrons. The molecule has 0 spiro atoms. The summed E-state index contributed by atoms with van der Waals surface area (Å²) in [5.41, 5.74) is 0.643. The number of hydrogen-bond acceptors (Lipinski definition) is 3. The monoisotopic (exact) mass is 310 g/mol. The lowest BCUT2D eigenvalue weighted by Crippen LogP contribution is -2.21. The normalized spacial score (nSPS) is 11.4. The molecule has 4 nitrogen and oxygen atoms in total. The molecule has 1 N–H and O–H groups in total. The second-order valence-electron chi connectivity index (χ2n) is 3.81. The van der Waals surface area contributed by atoms with Gasteiger partial charge < -0.3 is 10.1 Å². The van der Waals surface area contributed by atoms with Gasteiger partial charge in [0.1, 0.15) is 11.7 Å². The highest BCUT2D eigenvalue weighted by Crippen LogP contribution is 2.28. The first-order valence-electron chi connectivity index (χ1n) is 5.66. The van der Waals surface area contributed by atoms with E-state index in [-0.39, 0.29) is 5.91 Å². The van der Waals surface area contributed by atoms with E-state index < -0.39 is 5.92 Å². The Morgan fingerprint density at radius 3 is 2.83 bits per heavy atom. The summed E-state index contributed by atoms with van der Waals surface area (Å²) in [5.74, 6) is -0.175. The Balaban J connectivity index is 2.76. The van der Waals surface area contributed by atoms with E-state index in [1.54, 1.807) is 25.3 Å². The Bertz CT molecular complexity index is 469. The molecule has 0 fully saturated rings. The zero-order chi connectivity index (χ0) is 13.5. The highest BCUT2D eigenvalue weighted by molar-refractivity contribution is 9.10. The van der Waals surface area contributed by atoms with Gasteiger partial charge in [0.25, 0.3) is 0 Å². The second-order valence-corrected chi connectivity index (χ2v) is 4.66. The Kier molecular flexibility index (Phi) is 5.66. The fourth-order valence-electron chi connectivity index (χ4n) is 1.52. The van der Waals surface area contributed by atoms with Gasteiger partial charge in [0.2, 0.25) is 5.91 Å². The molecule has 1 unspecified atom stereocenters. The summed E-state index contributed by atoms with van der Waals surface area (Å²) in [6.07, 6.45) is 1.37. The van der Waals surface area contributed by atoms with Crippen LogP contribution in [-0.2, 0) is 4.79 Å². The number of anilines is 1. The summed E-state index contributed by atoms with van der Waals surface area (Å²) in [7, 11) is 1.57. The lowest BCUT2D eigenvalue weighted by Gasteiger charge is -2.10. The number of nitrogens with one attached hydrogen (secondary N) is 1. The topological polar surface area (TPSA) is 62.1 Å². The van der Waals surface area contributed by atoms with Crippen LogP contribution in [0.5, 0.6) is 5.75 Å². The van der Waals surface area contributed by atoms with Crippen LogP contribution in [0.4, 0.5) is 5.69 Å². The second kappa shape index (κ2) is 7.02. The molecule has 0 aliphatic carbocycles. The minimum absolute atomic E-state index is 0.267. The number of hydrogen-bond donors (Lipinski definition) is 1. The van der Waals surface area contributed by atoms with E-state index in [4.69, 9.17) is 10.00 Å². The molecule has 0 aromatic heterocycles. The van der Waals surface area contributed by atoms with E-state index in [2.05, 4.69) is 21.2 Å². The molecule has 96 valence electrons. The third-order valence-corrected chi connectivity index (χ3v) is 3.09. The van der Waals surface area contributed by atoms with Crippen LogP contribution < -0.4 is 10.1 Å². The Labute approximate surface area is 115 Å². The van der Waals surface area contributed by atoms with E-state index in [0.29, 0.717) is 17.9 Å². The largest absolute Gasteiger partial charge is 0.496 e. The molecule has 1 amide bonds. The average Bonchev–Trinajstić information content (AvgIpc) is 2.36. The van der Waals surface area contributed by atoms with E-state index in [9.17, 15) is 4.79 Å². The van der Waals surface area contributed by atoms with Crippen LogP contribution in [0, 0.1) is 17.2 Å². The average molecular weight is 311 g/mol. The molecular formula is C13H15BrN2O2. The molecular weight excluding hydrogens is 296 g/mol. The van der Waals surface area contributed by atoms with E-state index in [1.165, 1.54) is 0 Å². The first kappa shape index (κ1) is 14.5. The van der Waals surface area contributed by atoms with E-state index in [1.807, 2.05) is 13.0 Å². The van der Waals surface area contributed by atoms with Gasteiger partial charge in [-0.15, -0.1) is 0 Å². The van der Waals surface area contributed by atoms with Gasteiger partial charge in [-0.05, 0) is 40.5 Å². The number of nitriles is 1. The first-order chi connectivity index (χ1) is 8.62. The van der Waals surface area contributed by atoms with Crippen LogP contribution in [0.3, 0.4) is 0 Å². The minimum atomic E-state index is -0.601. The fraction of sp³-hybridized carbons (Fsp3) is 0.385. The van der Waals surface area contributed by atoms with Crippen molar-refractivity contribution in [3.63, 3.8) is 0 Å². The lowest BCUT2D eigenvalue weighted by molar-refractivity contribution is -0.118. The Hall–Kier alpha value is -1.54. The van der Waals surface area contributed by atoms with Gasteiger partial charge in [-0.3, -0.25) is 4.79 Å². The molecule has 0 bridgehead atoms. The number of ether oxygens (including phenoxy) is 1. The maximum Gasteiger partial charge on any atom is 0.241 e. The predicted octanol–water partition coefficient (Wildman–Crippen LogP) is 3.34. The van der Waals surface area contributed by atoms with Crippen LogP contribution in [-0.4, -0.2) is 13.0 Å². The molecule has 1 aromatic rings. The first-order valence-corrected chi connectivity index (χ1v) is 6.45. The summed E-state index contributed by atoms with van der Waals surface area (Å²) in [4.78, 5) is 11.8. The van der Waals surface area contributed by atoms with Crippen molar-refractivity contribution in [3.8, 4) is 11.8 Å². The van der Waals surface area contributed by atoms with Crippen LogP contribution in [0.15, 0.2) is 22.7 Å². The highest BCUT2D eigenvalue weighted by atomic mass is 79.9. The molecule has 0 aliphatic heterocycles. The number of benzene rings is 1. The zero-order valence-corrected chi connectivity index (χ0v) is 12.0. The zero-order valence-electron chi connectivity index (χ0n) is 10.4. The molecule has 5 heteroatoms. The van der Waals surface area contributed by atoms with Gasteiger partial charge in [0.05, 0.1) is 17.7 Å². The van der Waals surface area contributed by atoms with Crippen molar-refractivity contribution >= 4 is 27.5 Å². The quantitative estimate of drug-likeness (QED) is 0.907. The number of methoxy groups -OCH3 is 1. The number of carbonyl (C=O) groups excluding carboxylic acids is 1. The summed E-state index contributed by atoms with van der Waals surface area (Å²) >= 11 is 3.34. The van der Waals surface area contributed by atoms with Gasteiger partial charge in [-0.25, -0.2) is 0 Å². The van der Waals surface area contributed by atoms with Crippen LogP contribution in [0.1, 0.15) is 19.8 Å². The number of amides is 1. The number of nitrogens with zero attached hydrogens (tertiary/aromatic N) is 1. The van der Waals surface area contributed by atoms with E-state index in [0.717, 1.165) is 10.9 Å². The maximum atomic E-state index is 11.8. The van der Waals surface area contributed by atoms with Crippen molar-refractivity contribution in [1.29, 1.82) is 5.26 Å². The molecule has 0 heterocycles. The standard InChI is InChI=1S/C13H15BrN2O2/c1-3-4-9(8-15)13(17)16-10-5-6-12(18-2)11(14)7-10/h5-7,9H,3-4H2,1-2H3,(H,16,17). The molecule has 0 aliphatic rings. The molecule has 1 atom stereocenters. The predicted molar refractivity (Wildman–Crippen MR) is 73.3 cm³/mol. The molecule has 0 saturated carbocycles. The Morgan fingerprint density at radius 2 is 2.33 bits per heavy atom. The van der Waals surface area contributed by atoms with Crippen LogP contribution >= 0.6 is 15.9 Å². The maximum absolute atomic E-state index is 11.8. The summed E-state index contributed by atoms with van der Waals surface area (Å²) in [5, 5.41) is 11.6. The molecule has 1 rings (SSSR count). The van der Waals surface area contributed by atoms with Crippen molar-refractivity contribution < 1.29 is 9.53 Å². The van der Waals surface area contributed by atoms with Crippen molar-refractivity contribution in [2.24, 2.45) is 5.92 Å².